The Labute approximate surface area is 172 Å². The van der Waals surface area contributed by atoms with Crippen LogP contribution in [0, 0.1) is 0 Å². The second kappa shape index (κ2) is 7.20. The Morgan fingerprint density at radius 3 is 2.80 bits per heavy atom. The van der Waals surface area contributed by atoms with Crippen molar-refractivity contribution in [3.8, 4) is 11.3 Å². The van der Waals surface area contributed by atoms with Gasteiger partial charge in [-0.2, -0.15) is 5.10 Å². The number of carbonyl (C=O) groups excluding carboxylic acids is 1. The first-order valence-corrected chi connectivity index (χ1v) is 9.59. The molecule has 0 bridgehead atoms. The van der Waals surface area contributed by atoms with Crippen LogP contribution in [0.3, 0.4) is 0 Å². The van der Waals surface area contributed by atoms with Gasteiger partial charge in [0, 0.05) is 67.3 Å². The van der Waals surface area contributed by atoms with Gasteiger partial charge in [0.2, 0.25) is 0 Å². The predicted molar refractivity (Wildman–Crippen MR) is 114 cm³/mol. The summed E-state index contributed by atoms with van der Waals surface area (Å²) in [7, 11) is 1.86. The van der Waals surface area contributed by atoms with E-state index in [0.29, 0.717) is 11.4 Å². The second-order valence-electron chi connectivity index (χ2n) is 7.38. The zero-order chi connectivity index (χ0) is 20.7. The first kappa shape index (κ1) is 18.2. The molecule has 0 aromatic carbocycles. The van der Waals surface area contributed by atoms with Gasteiger partial charge in [-0.3, -0.25) is 9.48 Å². The number of amides is 1. The summed E-state index contributed by atoms with van der Waals surface area (Å²) in [5.41, 5.74) is 8.83. The molecule has 9 heteroatoms. The van der Waals surface area contributed by atoms with Gasteiger partial charge < -0.3 is 16.0 Å². The average Bonchev–Trinajstić information content (AvgIpc) is 3.17. The lowest BCUT2D eigenvalue weighted by Gasteiger charge is -2.37. The van der Waals surface area contributed by atoms with Crippen LogP contribution in [0.15, 0.2) is 55.1 Å². The van der Waals surface area contributed by atoms with E-state index in [2.05, 4.69) is 25.4 Å². The van der Waals surface area contributed by atoms with Gasteiger partial charge in [0.05, 0.1) is 17.4 Å². The largest absolute Gasteiger partial charge is 0.353 e. The van der Waals surface area contributed by atoms with Crippen molar-refractivity contribution in [1.82, 2.24) is 24.7 Å². The summed E-state index contributed by atoms with van der Waals surface area (Å²) in [6.45, 7) is 1.49. The van der Waals surface area contributed by atoms with Gasteiger partial charge in [0.25, 0.3) is 5.91 Å². The Morgan fingerprint density at radius 2 is 2.03 bits per heavy atom. The van der Waals surface area contributed by atoms with Crippen molar-refractivity contribution in [1.29, 1.82) is 0 Å². The molecule has 0 aliphatic carbocycles. The minimum Gasteiger partial charge on any atom is -0.353 e. The number of anilines is 2. The van der Waals surface area contributed by atoms with Gasteiger partial charge in [0.1, 0.15) is 11.6 Å². The molecule has 5 heterocycles. The molecule has 0 saturated carbocycles. The number of nitrogens with one attached hydrogen (secondary N) is 1. The van der Waals surface area contributed by atoms with E-state index in [4.69, 9.17) is 5.73 Å². The molecule has 0 unspecified atom stereocenters. The third kappa shape index (κ3) is 3.46. The molecule has 1 amide bonds. The maximum absolute atomic E-state index is 12.7. The molecule has 4 aromatic rings. The van der Waals surface area contributed by atoms with Gasteiger partial charge >= 0.3 is 0 Å². The lowest BCUT2D eigenvalue weighted by atomic mass is 10.1. The number of pyridine rings is 3. The highest BCUT2D eigenvalue weighted by atomic mass is 16.1. The van der Waals surface area contributed by atoms with Gasteiger partial charge in [-0.15, -0.1) is 0 Å². The second-order valence-corrected chi connectivity index (χ2v) is 7.38. The topological polar surface area (TPSA) is 115 Å². The summed E-state index contributed by atoms with van der Waals surface area (Å²) >= 11 is 0. The van der Waals surface area contributed by atoms with Crippen molar-refractivity contribution < 1.29 is 4.79 Å². The molecule has 0 radical (unpaired) electrons. The Kier molecular flexibility index (Phi) is 4.36. The first-order chi connectivity index (χ1) is 14.5. The lowest BCUT2D eigenvalue weighted by Crippen LogP contribution is -2.56. The molecule has 5 rings (SSSR count). The summed E-state index contributed by atoms with van der Waals surface area (Å²) < 4.78 is 1.73. The first-order valence-electron chi connectivity index (χ1n) is 9.59. The molecular weight excluding hydrogens is 380 g/mol. The highest BCUT2D eigenvalue weighted by molar-refractivity contribution is 6.04. The smallest absolute Gasteiger partial charge is 0.257 e. The Bertz CT molecular complexity index is 1240. The van der Waals surface area contributed by atoms with Crippen LogP contribution < -0.4 is 16.0 Å². The van der Waals surface area contributed by atoms with Crippen molar-refractivity contribution in [3.05, 3.63) is 60.7 Å². The van der Waals surface area contributed by atoms with Crippen LogP contribution >= 0.6 is 0 Å². The number of hydrogen-bond acceptors (Lipinski definition) is 7. The number of nitrogens with zero attached hydrogens (tertiary/aromatic N) is 6. The zero-order valence-electron chi connectivity index (χ0n) is 16.4. The average molecular weight is 400 g/mol. The summed E-state index contributed by atoms with van der Waals surface area (Å²) in [6, 6.07) is 9.26. The van der Waals surface area contributed by atoms with E-state index in [9.17, 15) is 4.79 Å². The van der Waals surface area contributed by atoms with E-state index in [1.807, 2.05) is 30.3 Å². The Hall–Kier alpha value is -3.85. The van der Waals surface area contributed by atoms with Crippen molar-refractivity contribution >= 4 is 28.4 Å². The highest BCUT2D eigenvalue weighted by Crippen LogP contribution is 2.22. The van der Waals surface area contributed by atoms with E-state index in [0.717, 1.165) is 41.1 Å². The van der Waals surface area contributed by atoms with Crippen molar-refractivity contribution in [2.45, 2.75) is 6.04 Å². The van der Waals surface area contributed by atoms with E-state index in [1.54, 1.807) is 41.5 Å². The van der Waals surface area contributed by atoms with E-state index in [1.165, 1.54) is 0 Å². The fraction of sp³-hybridized carbons (Fsp3) is 0.190. The fourth-order valence-electron chi connectivity index (χ4n) is 3.42. The molecule has 150 valence electrons. The molecule has 30 heavy (non-hydrogen) atoms. The Balaban J connectivity index is 1.38. The van der Waals surface area contributed by atoms with Crippen LogP contribution in [0.25, 0.3) is 22.2 Å². The van der Waals surface area contributed by atoms with Crippen LogP contribution in [0.2, 0.25) is 0 Å². The minimum atomic E-state index is -0.251. The minimum absolute atomic E-state index is 0.162. The number of hydrogen-bond donors (Lipinski definition) is 2. The number of carbonyl (C=O) groups is 1. The van der Waals surface area contributed by atoms with Crippen LogP contribution in [0.4, 0.5) is 11.6 Å². The summed E-state index contributed by atoms with van der Waals surface area (Å²) in [6.07, 6.45) is 7.00. The summed E-state index contributed by atoms with van der Waals surface area (Å²) in [5.74, 6) is 0.935. The molecular formula is C21H20N8O. The van der Waals surface area contributed by atoms with E-state index < -0.39 is 0 Å². The SMILES string of the molecule is Cn1cc(-c2ccc3cnc(NC(=O)c4ccnc(N5CC(N)C5)c4)cc3n2)cn1. The van der Waals surface area contributed by atoms with Crippen molar-refractivity contribution in [2.24, 2.45) is 12.8 Å². The molecule has 9 nitrogen and oxygen atoms in total. The van der Waals surface area contributed by atoms with Crippen LogP contribution in [0.1, 0.15) is 10.4 Å². The third-order valence-electron chi connectivity index (χ3n) is 5.06. The van der Waals surface area contributed by atoms with E-state index >= 15 is 0 Å². The molecule has 1 fully saturated rings. The zero-order valence-corrected chi connectivity index (χ0v) is 16.4. The summed E-state index contributed by atoms with van der Waals surface area (Å²) in [5, 5.41) is 7.93. The fourth-order valence-corrected chi connectivity index (χ4v) is 3.42. The van der Waals surface area contributed by atoms with Crippen molar-refractivity contribution in [3.63, 3.8) is 0 Å². The maximum atomic E-state index is 12.7. The monoisotopic (exact) mass is 400 g/mol. The third-order valence-corrected chi connectivity index (χ3v) is 5.06. The number of fused-ring (bicyclic) bond motifs is 1. The van der Waals surface area contributed by atoms with Gasteiger partial charge in [0.15, 0.2) is 0 Å². The number of rotatable bonds is 4. The molecule has 1 saturated heterocycles. The van der Waals surface area contributed by atoms with Gasteiger partial charge in [-0.1, -0.05) is 0 Å². The molecule has 1 aliphatic rings. The van der Waals surface area contributed by atoms with Crippen LogP contribution in [-0.4, -0.2) is 49.8 Å². The van der Waals surface area contributed by atoms with E-state index in [-0.39, 0.29) is 11.9 Å². The molecule has 3 N–H and O–H groups in total. The Morgan fingerprint density at radius 1 is 1.17 bits per heavy atom. The normalized spacial score (nSPS) is 14.0. The van der Waals surface area contributed by atoms with Gasteiger partial charge in [-0.05, 0) is 24.3 Å². The quantitative estimate of drug-likeness (QED) is 0.537. The lowest BCUT2D eigenvalue weighted by molar-refractivity contribution is 0.102. The van der Waals surface area contributed by atoms with Gasteiger partial charge in [-0.25, -0.2) is 15.0 Å². The predicted octanol–water partition coefficient (Wildman–Crippen LogP) is 1.82. The van der Waals surface area contributed by atoms with Crippen LogP contribution in [-0.2, 0) is 7.05 Å². The number of aryl methyl sites for hydroxylation is 1. The molecule has 1 aliphatic heterocycles. The number of aromatic nitrogens is 5. The number of nitrogens with two attached hydrogens (primary N) is 1. The van der Waals surface area contributed by atoms with Crippen molar-refractivity contribution in [2.75, 3.05) is 23.3 Å². The molecule has 0 spiro atoms. The highest BCUT2D eigenvalue weighted by Gasteiger charge is 2.24. The summed E-state index contributed by atoms with van der Waals surface area (Å²) in [4.78, 5) is 28.1. The maximum Gasteiger partial charge on any atom is 0.257 e. The molecule has 0 atom stereocenters. The standard InChI is InChI=1S/C21H20N8O/c1-28-10-15(9-25-28)17-3-2-14-8-24-19(7-18(14)26-17)27-21(30)13-4-5-23-20(6-13)29-11-16(22)12-29/h2-10,16H,11-12,22H2,1H3,(H,24,27,30). The molecule has 4 aromatic heterocycles. The van der Waals surface area contributed by atoms with Crippen LogP contribution in [0.5, 0.6) is 0 Å².